The third kappa shape index (κ3) is 29.3. The van der Waals surface area contributed by atoms with Crippen LogP contribution in [0.3, 0.4) is 0 Å². The second kappa shape index (κ2) is 28.7. The monoisotopic (exact) mass is 426 g/mol. The van der Waals surface area contributed by atoms with Gasteiger partial charge in [-0.3, -0.25) is 6.08 Å². The van der Waals surface area contributed by atoms with Gasteiger partial charge in [0.05, 0.1) is 5.91 Å². The summed E-state index contributed by atoms with van der Waals surface area (Å²) in [5.74, 6) is -0.393. The van der Waals surface area contributed by atoms with Crippen LogP contribution in [-0.4, -0.2) is 15.4 Å². The van der Waals surface area contributed by atoms with E-state index in [0.29, 0.717) is 0 Å². The van der Waals surface area contributed by atoms with Crippen LogP contribution in [0, 0.1) is 12.0 Å². The first-order valence-corrected chi connectivity index (χ1v) is 9.15. The second-order valence-corrected chi connectivity index (χ2v) is 5.35. The number of allylic oxidation sites excluding steroid dienone is 4. The van der Waals surface area contributed by atoms with E-state index in [1.54, 1.807) is 0 Å². The standard InChI is InChI=1S/C8H17NO.C5H5.C2H7Si.2ClH.Zr/c1-3-5-6-7(4-2)8(9)10;1-2-4-5-3-1;1-3-2;;;/h7H,3-6H2,1-2H3,(H2,9,10);1-3H,4H2;3H,1-2H3;2*1H;/q;-1;;;;+4/p-3. The Balaban J connectivity index is -0.0000000662. The largest absolute Gasteiger partial charge is 4.00 e. The van der Waals surface area contributed by atoms with Crippen molar-refractivity contribution in [1.82, 2.24) is 0 Å². The van der Waals surface area contributed by atoms with Gasteiger partial charge in [0.2, 0.25) is 0 Å². The Morgan fingerprint density at radius 3 is 2.05 bits per heavy atom. The first-order valence-electron chi connectivity index (χ1n) is 6.85. The minimum atomic E-state index is -0.393. The molecule has 0 aromatic rings. The van der Waals surface area contributed by atoms with Gasteiger partial charge in [-0.1, -0.05) is 39.8 Å². The van der Waals surface area contributed by atoms with E-state index in [1.165, 1.54) is 0 Å². The van der Waals surface area contributed by atoms with E-state index in [1.807, 2.05) is 19.1 Å². The number of rotatable bonds is 5. The summed E-state index contributed by atoms with van der Waals surface area (Å²) in [6, 6.07) is 0. The Labute approximate surface area is 165 Å². The maximum Gasteiger partial charge on any atom is 4.00 e. The summed E-state index contributed by atoms with van der Waals surface area (Å²) in [7, 11) is 0.750. The van der Waals surface area contributed by atoms with Gasteiger partial charge in [-0.25, -0.2) is 12.2 Å². The van der Waals surface area contributed by atoms with Gasteiger partial charge in [-0.05, 0) is 18.8 Å². The van der Waals surface area contributed by atoms with E-state index in [0.717, 1.165) is 41.6 Å². The quantitative estimate of drug-likeness (QED) is 0.393. The molecule has 1 aliphatic rings. The molecule has 0 aromatic heterocycles. The number of hydrogen-bond donors (Lipinski definition) is 0. The van der Waals surface area contributed by atoms with E-state index in [2.05, 4.69) is 32.2 Å². The molecule has 121 valence electrons. The summed E-state index contributed by atoms with van der Waals surface area (Å²) in [4.78, 5) is 10.5. The van der Waals surface area contributed by atoms with Crippen LogP contribution in [0.15, 0.2) is 18.2 Å². The molecule has 6 heteroatoms. The van der Waals surface area contributed by atoms with Crippen LogP contribution in [-0.2, 0) is 31.0 Å². The van der Waals surface area contributed by atoms with Gasteiger partial charge >= 0.3 is 26.2 Å². The van der Waals surface area contributed by atoms with Crippen molar-refractivity contribution in [2.45, 2.75) is 59.0 Å². The molecular formula is C15H28Cl2NOSiZr. The molecule has 0 saturated heterocycles. The van der Waals surface area contributed by atoms with E-state index < -0.39 is 5.91 Å². The molecule has 1 amide bonds. The minimum Gasteiger partial charge on any atom is -1.00 e. The van der Waals surface area contributed by atoms with Gasteiger partial charge in [-0.15, -0.1) is 6.42 Å². The fourth-order valence-electron chi connectivity index (χ4n) is 1.31. The van der Waals surface area contributed by atoms with E-state index >= 15 is 0 Å². The molecule has 1 radical (unpaired) electrons. The predicted octanol–water partition coefficient (Wildman–Crippen LogP) is -1.39. The van der Waals surface area contributed by atoms with Crippen molar-refractivity contribution in [3.8, 4) is 0 Å². The minimum absolute atomic E-state index is 0. The average Bonchev–Trinajstić information content (AvgIpc) is 2.89. The molecule has 2 nitrogen and oxygen atoms in total. The molecule has 1 atom stereocenters. The molecular weight excluding hydrogens is 400 g/mol. The molecule has 1 N–H and O–H groups in total. The molecule has 1 rings (SSSR count). The molecule has 0 heterocycles. The van der Waals surface area contributed by atoms with E-state index in [-0.39, 0.29) is 56.9 Å². The van der Waals surface area contributed by atoms with Crippen molar-refractivity contribution >= 4 is 15.4 Å². The molecule has 0 fully saturated rings. The van der Waals surface area contributed by atoms with Gasteiger partial charge in [0.1, 0.15) is 0 Å². The number of nitrogens with one attached hydrogen (secondary N) is 1. The van der Waals surface area contributed by atoms with Crippen LogP contribution >= 0.6 is 0 Å². The molecule has 1 unspecified atom stereocenters. The zero-order valence-corrected chi connectivity index (χ0v) is 18.7. The summed E-state index contributed by atoms with van der Waals surface area (Å²) in [5.41, 5.74) is 6.87. The van der Waals surface area contributed by atoms with Crippen molar-refractivity contribution in [3.05, 3.63) is 30.0 Å². The SMILES string of the molecule is CCCCC(CC)C([NH-])=O.C[SiH]C.[C-]1=CC=CC1.[Cl-].[Cl-].[Zr+4]. The van der Waals surface area contributed by atoms with E-state index in [9.17, 15) is 4.79 Å². The Morgan fingerprint density at radius 1 is 1.33 bits per heavy atom. The van der Waals surface area contributed by atoms with Gasteiger partial charge in [0.15, 0.2) is 0 Å². The van der Waals surface area contributed by atoms with Crippen molar-refractivity contribution in [3.63, 3.8) is 0 Å². The normalized spacial score (nSPS) is 11.2. The van der Waals surface area contributed by atoms with Crippen LogP contribution < -0.4 is 24.8 Å². The maximum absolute atomic E-state index is 10.5. The molecule has 0 aromatic carbocycles. The zero-order chi connectivity index (χ0) is 14.2. The van der Waals surface area contributed by atoms with Gasteiger partial charge in [0, 0.05) is 9.52 Å². The Bertz CT molecular complexity index is 242. The Hall–Kier alpha value is 0.630. The van der Waals surface area contributed by atoms with Gasteiger partial charge in [-0.2, -0.15) is 6.08 Å². The molecule has 0 aliphatic heterocycles. The summed E-state index contributed by atoms with van der Waals surface area (Å²) >= 11 is 0. The van der Waals surface area contributed by atoms with Crippen molar-refractivity contribution < 1.29 is 55.8 Å². The fraction of sp³-hybridized carbons (Fsp3) is 0.667. The smallest absolute Gasteiger partial charge is 1.00 e. The number of carbonyl (C=O) groups is 1. The number of unbranched alkanes of at least 4 members (excludes halogenated alkanes) is 1. The number of halogens is 2. The number of carbonyl (C=O) groups excluding carboxylic acids is 1. The topological polar surface area (TPSA) is 40.9 Å². The molecule has 0 saturated carbocycles. The van der Waals surface area contributed by atoms with Crippen LogP contribution in [0.25, 0.3) is 5.73 Å². The van der Waals surface area contributed by atoms with Gasteiger partial charge < -0.3 is 35.3 Å². The molecule has 0 bridgehead atoms. The Kier molecular flexibility index (Phi) is 45.6. The fourth-order valence-corrected chi connectivity index (χ4v) is 1.31. The number of amides is 1. The maximum atomic E-state index is 10.5. The summed E-state index contributed by atoms with van der Waals surface area (Å²) in [6.07, 6.45) is 13.9. The van der Waals surface area contributed by atoms with E-state index in [4.69, 9.17) is 5.73 Å². The van der Waals surface area contributed by atoms with Crippen molar-refractivity contribution in [2.75, 3.05) is 0 Å². The Morgan fingerprint density at radius 2 is 1.86 bits per heavy atom. The second-order valence-electron chi connectivity index (χ2n) is 4.19. The third-order valence-electron chi connectivity index (χ3n) is 2.36. The first-order chi connectivity index (χ1) is 8.63. The predicted molar refractivity (Wildman–Crippen MR) is 83.1 cm³/mol. The van der Waals surface area contributed by atoms with Crippen molar-refractivity contribution in [1.29, 1.82) is 0 Å². The van der Waals surface area contributed by atoms with Crippen LogP contribution in [0.1, 0.15) is 46.0 Å². The summed E-state index contributed by atoms with van der Waals surface area (Å²) in [6.45, 7) is 8.48. The third-order valence-corrected chi connectivity index (χ3v) is 2.36. The van der Waals surface area contributed by atoms with Gasteiger partial charge in [0.25, 0.3) is 0 Å². The van der Waals surface area contributed by atoms with Crippen molar-refractivity contribution in [2.24, 2.45) is 5.92 Å². The van der Waals surface area contributed by atoms with Crippen LogP contribution in [0.4, 0.5) is 0 Å². The van der Waals surface area contributed by atoms with Crippen LogP contribution in [0.2, 0.25) is 13.1 Å². The molecule has 0 spiro atoms. The molecule has 1 aliphatic carbocycles. The zero-order valence-electron chi connectivity index (χ0n) is 13.6. The average molecular weight is 429 g/mol. The summed E-state index contributed by atoms with van der Waals surface area (Å²) < 4.78 is 0. The molecule has 21 heavy (non-hydrogen) atoms. The van der Waals surface area contributed by atoms with Crippen LogP contribution in [0.5, 0.6) is 0 Å². The first kappa shape index (κ1) is 33.3. The summed E-state index contributed by atoms with van der Waals surface area (Å²) in [5, 5.41) is 0. The number of hydrogen-bond acceptors (Lipinski definition) is 1.